The zero-order valence-corrected chi connectivity index (χ0v) is 29.2. The quantitative estimate of drug-likeness (QED) is 0.157. The van der Waals surface area contributed by atoms with Crippen LogP contribution in [0.3, 0.4) is 0 Å². The van der Waals surface area contributed by atoms with E-state index in [2.05, 4.69) is 30.9 Å². The number of hydrogen-bond acceptors (Lipinski definition) is 9. The van der Waals surface area contributed by atoms with Crippen molar-refractivity contribution < 1.29 is 32.3 Å². The Morgan fingerprint density at radius 1 is 0.792 bits per heavy atom. The van der Waals surface area contributed by atoms with Gasteiger partial charge in [0.2, 0.25) is 11.9 Å². The molecule has 1 aliphatic carbocycles. The second-order valence-corrected chi connectivity index (χ2v) is 14.1. The minimum Gasteiger partial charge on any atom is -0.463 e. The molecule has 53 heavy (non-hydrogen) atoms. The summed E-state index contributed by atoms with van der Waals surface area (Å²) in [6, 6.07) is 22.5. The van der Waals surface area contributed by atoms with Crippen LogP contribution >= 0.6 is 11.6 Å². The van der Waals surface area contributed by atoms with Gasteiger partial charge < -0.3 is 30.5 Å². The van der Waals surface area contributed by atoms with E-state index in [1.807, 2.05) is 18.2 Å². The monoisotopic (exact) mass is 748 g/mol. The van der Waals surface area contributed by atoms with Gasteiger partial charge in [-0.25, -0.2) is 0 Å². The van der Waals surface area contributed by atoms with Crippen LogP contribution in [0.1, 0.15) is 48.0 Å². The van der Waals surface area contributed by atoms with Crippen molar-refractivity contribution >= 4 is 52.6 Å². The Bertz CT molecular complexity index is 1980. The van der Waals surface area contributed by atoms with Gasteiger partial charge in [0.1, 0.15) is 6.61 Å². The average molecular weight is 749 g/mol. The second-order valence-electron chi connectivity index (χ2n) is 13.7. The molecule has 3 fully saturated rings. The summed E-state index contributed by atoms with van der Waals surface area (Å²) in [5.41, 5.74) is 1.74. The third-order valence-electron chi connectivity index (χ3n) is 9.79. The minimum atomic E-state index is -4.41. The molecule has 1 aromatic heterocycles. The first-order valence-electron chi connectivity index (χ1n) is 17.2. The summed E-state index contributed by atoms with van der Waals surface area (Å²) < 4.78 is 43.8. The van der Waals surface area contributed by atoms with E-state index in [-0.39, 0.29) is 29.2 Å². The van der Waals surface area contributed by atoms with Crippen molar-refractivity contribution in [1.82, 2.24) is 24.8 Å². The molecule has 1 atom stereocenters. The number of nitrogens with one attached hydrogen (secondary N) is 3. The number of anilines is 4. The third kappa shape index (κ3) is 8.62. The van der Waals surface area contributed by atoms with E-state index in [9.17, 15) is 27.6 Å². The molecular formula is C37H36ClF3N8O4. The maximum atomic E-state index is 13.5. The van der Waals surface area contributed by atoms with Crippen molar-refractivity contribution in [2.45, 2.75) is 43.8 Å². The van der Waals surface area contributed by atoms with Crippen molar-refractivity contribution in [2.75, 3.05) is 48.7 Å². The highest BCUT2D eigenvalue weighted by Gasteiger charge is 2.47. The van der Waals surface area contributed by atoms with Crippen LogP contribution < -0.4 is 20.7 Å². The van der Waals surface area contributed by atoms with E-state index in [4.69, 9.17) is 16.3 Å². The van der Waals surface area contributed by atoms with E-state index < -0.39 is 36.6 Å². The molecule has 2 aliphatic heterocycles. The van der Waals surface area contributed by atoms with Crippen molar-refractivity contribution in [3.63, 3.8) is 0 Å². The molecule has 3 amide bonds. The zero-order chi connectivity index (χ0) is 37.2. The maximum absolute atomic E-state index is 13.5. The first-order valence-corrected chi connectivity index (χ1v) is 17.6. The van der Waals surface area contributed by atoms with Gasteiger partial charge in [-0.1, -0.05) is 41.9 Å². The molecule has 16 heteroatoms. The summed E-state index contributed by atoms with van der Waals surface area (Å²) >= 11 is 6.07. The number of benzene rings is 3. The lowest BCUT2D eigenvalue weighted by atomic mass is 9.86. The lowest BCUT2D eigenvalue weighted by Gasteiger charge is -2.24. The van der Waals surface area contributed by atoms with Crippen LogP contribution in [-0.2, 0) is 15.1 Å². The van der Waals surface area contributed by atoms with E-state index >= 15 is 0 Å². The molecule has 276 valence electrons. The standard InChI is InChI=1S/C37H36ClF3N8O4/c38-26-10-8-25(9-11-26)36(14-15-36)47-33-44-32(45-34(46-33)53-21-18-37(39,40)41)43-28-12-6-24(7-13-28)30(51)48-19-16-35(22-48)17-20-49(23-35)31(52)29(50)42-27-4-2-1-3-5-27/h1-13H,14-23H2,(H,42,50)(H2,43,44,45,46,47). The molecule has 2 saturated heterocycles. The number of aromatic nitrogens is 3. The van der Waals surface area contributed by atoms with Gasteiger partial charge in [0, 0.05) is 53.6 Å². The fourth-order valence-corrected chi connectivity index (χ4v) is 6.92. The molecule has 1 unspecified atom stereocenters. The molecule has 3 heterocycles. The molecule has 4 aromatic rings. The van der Waals surface area contributed by atoms with Gasteiger partial charge in [-0.15, -0.1) is 0 Å². The topological polar surface area (TPSA) is 142 Å². The molecule has 3 aliphatic rings. The van der Waals surface area contributed by atoms with Crippen molar-refractivity contribution in [1.29, 1.82) is 0 Å². The largest absolute Gasteiger partial charge is 0.463 e. The summed E-state index contributed by atoms with van der Waals surface area (Å²) in [6.07, 6.45) is -2.62. The van der Waals surface area contributed by atoms with Crippen LogP contribution in [0.2, 0.25) is 5.02 Å². The molecule has 12 nitrogen and oxygen atoms in total. The lowest BCUT2D eigenvalue weighted by Crippen LogP contribution is -2.40. The highest BCUT2D eigenvalue weighted by molar-refractivity contribution is 6.39. The number of nitrogens with zero attached hydrogens (tertiary/aromatic N) is 5. The van der Waals surface area contributed by atoms with Gasteiger partial charge in [-0.05, 0) is 79.8 Å². The molecule has 0 radical (unpaired) electrons. The van der Waals surface area contributed by atoms with Crippen molar-refractivity contribution in [3.05, 3.63) is 95.0 Å². The fraction of sp³-hybridized carbons (Fsp3) is 0.351. The van der Waals surface area contributed by atoms with Gasteiger partial charge in [-0.2, -0.15) is 28.1 Å². The van der Waals surface area contributed by atoms with E-state index in [1.54, 1.807) is 70.5 Å². The number of para-hydroxylation sites is 1. The average Bonchev–Trinajstić information content (AvgIpc) is 3.60. The molecule has 1 spiro atoms. The second kappa shape index (κ2) is 14.5. The smallest absolute Gasteiger partial charge is 0.392 e. The zero-order valence-electron chi connectivity index (χ0n) is 28.5. The number of rotatable bonds is 10. The third-order valence-corrected chi connectivity index (χ3v) is 10.0. The predicted octanol–water partition coefficient (Wildman–Crippen LogP) is 6.40. The number of halogens is 4. The van der Waals surface area contributed by atoms with Crippen LogP contribution in [0.25, 0.3) is 0 Å². The van der Waals surface area contributed by atoms with Gasteiger partial charge in [0.25, 0.3) is 5.91 Å². The van der Waals surface area contributed by atoms with Crippen molar-refractivity contribution in [3.8, 4) is 6.01 Å². The van der Waals surface area contributed by atoms with Gasteiger partial charge >= 0.3 is 24.0 Å². The van der Waals surface area contributed by atoms with Crippen LogP contribution in [-0.4, -0.2) is 81.4 Å². The Morgan fingerprint density at radius 3 is 2.13 bits per heavy atom. The predicted molar refractivity (Wildman–Crippen MR) is 191 cm³/mol. The fourth-order valence-electron chi connectivity index (χ4n) is 6.79. The van der Waals surface area contributed by atoms with Crippen LogP contribution in [0, 0.1) is 5.41 Å². The number of amides is 3. The number of ether oxygens (including phenoxy) is 1. The Morgan fingerprint density at radius 2 is 1.45 bits per heavy atom. The summed E-state index contributed by atoms with van der Waals surface area (Å²) in [5.74, 6) is -1.28. The summed E-state index contributed by atoms with van der Waals surface area (Å²) in [7, 11) is 0. The first-order chi connectivity index (χ1) is 25.4. The van der Waals surface area contributed by atoms with Gasteiger partial charge in [0.15, 0.2) is 0 Å². The summed E-state index contributed by atoms with van der Waals surface area (Å²) in [4.78, 5) is 55.2. The van der Waals surface area contributed by atoms with Gasteiger partial charge in [-0.3, -0.25) is 14.4 Å². The van der Waals surface area contributed by atoms with Crippen LogP contribution in [0.4, 0.5) is 36.4 Å². The van der Waals surface area contributed by atoms with E-state index in [1.165, 1.54) is 0 Å². The molecule has 3 aromatic carbocycles. The highest BCUT2D eigenvalue weighted by Crippen LogP contribution is 2.48. The highest BCUT2D eigenvalue weighted by atomic mass is 35.5. The lowest BCUT2D eigenvalue weighted by molar-refractivity contribution is -0.142. The summed E-state index contributed by atoms with van der Waals surface area (Å²) in [5, 5.41) is 9.58. The minimum absolute atomic E-state index is 0.0368. The first kappa shape index (κ1) is 35.9. The van der Waals surface area contributed by atoms with Crippen molar-refractivity contribution in [2.24, 2.45) is 5.41 Å². The molecular weight excluding hydrogens is 713 g/mol. The number of carbonyl (C=O) groups excluding carboxylic acids is 3. The van der Waals surface area contributed by atoms with E-state index in [0.29, 0.717) is 61.0 Å². The molecule has 0 bridgehead atoms. The number of hydrogen-bond donors (Lipinski definition) is 3. The number of carbonyl (C=O) groups is 3. The SMILES string of the molecule is O=C(Nc1ccccc1)C(=O)N1CCC2(CCN(C(=O)c3ccc(Nc4nc(NC5(c6ccc(Cl)cc6)CC5)nc(OCCC(F)(F)F)n4)cc3)C2)C1. The molecule has 1 saturated carbocycles. The molecule has 7 rings (SSSR count). The number of likely N-dealkylation sites (tertiary alicyclic amines) is 2. The van der Waals surface area contributed by atoms with Crippen LogP contribution in [0.5, 0.6) is 6.01 Å². The van der Waals surface area contributed by atoms with E-state index in [0.717, 1.165) is 18.4 Å². The molecule has 3 N–H and O–H groups in total. The normalized spacial score (nSPS) is 18.9. The Labute approximate surface area is 308 Å². The Balaban J connectivity index is 0.987. The van der Waals surface area contributed by atoms with Crippen LogP contribution in [0.15, 0.2) is 78.9 Å². The Hall–Kier alpha value is -5.44. The maximum Gasteiger partial charge on any atom is 0.392 e. The summed E-state index contributed by atoms with van der Waals surface area (Å²) in [6.45, 7) is 1.15. The Kier molecular flexibility index (Phi) is 9.85. The number of alkyl halides is 3. The van der Waals surface area contributed by atoms with Gasteiger partial charge in [0.05, 0.1) is 12.0 Å².